The molecule has 28 heavy (non-hydrogen) atoms. The molecule has 4 aromatic rings. The zero-order chi connectivity index (χ0) is 19.1. The van der Waals surface area contributed by atoms with E-state index in [1.807, 2.05) is 73.8 Å². The molecular formula is C24H19NO3. The molecule has 2 aromatic carbocycles. The molecule has 0 saturated carbocycles. The van der Waals surface area contributed by atoms with E-state index in [2.05, 4.69) is 4.90 Å². The lowest BCUT2D eigenvalue weighted by Crippen LogP contribution is -2.20. The summed E-state index contributed by atoms with van der Waals surface area (Å²) in [5, 5.41) is 0. The Kier molecular flexibility index (Phi) is 3.90. The molecule has 0 amide bonds. The molecule has 2 heterocycles. The molecule has 4 nitrogen and oxygen atoms in total. The Labute approximate surface area is 162 Å². The second-order valence-corrected chi connectivity index (χ2v) is 6.94. The SMILES string of the molecule is CN(c1ccccc1)c1c2c(oc(=O)c1-c1ccccc1)-c1ccoc1CC2. The summed E-state index contributed by atoms with van der Waals surface area (Å²) in [6, 6.07) is 21.7. The molecule has 2 aromatic heterocycles. The van der Waals surface area contributed by atoms with Gasteiger partial charge in [0.2, 0.25) is 0 Å². The normalized spacial score (nSPS) is 12.3. The van der Waals surface area contributed by atoms with Gasteiger partial charge < -0.3 is 13.7 Å². The fourth-order valence-electron chi connectivity index (χ4n) is 4.00. The van der Waals surface area contributed by atoms with Crippen LogP contribution in [0.15, 0.2) is 86.6 Å². The molecule has 0 aliphatic heterocycles. The monoisotopic (exact) mass is 369 g/mol. The maximum atomic E-state index is 13.2. The summed E-state index contributed by atoms with van der Waals surface area (Å²) >= 11 is 0. The van der Waals surface area contributed by atoms with Crippen molar-refractivity contribution in [2.24, 2.45) is 0 Å². The van der Waals surface area contributed by atoms with Gasteiger partial charge >= 0.3 is 5.63 Å². The second kappa shape index (κ2) is 6.57. The highest BCUT2D eigenvalue weighted by molar-refractivity contribution is 5.87. The van der Waals surface area contributed by atoms with Crippen LogP contribution >= 0.6 is 0 Å². The molecule has 0 radical (unpaired) electrons. The lowest BCUT2D eigenvalue weighted by Gasteiger charge is -2.27. The van der Waals surface area contributed by atoms with Gasteiger partial charge in [0.25, 0.3) is 0 Å². The number of para-hydroxylation sites is 1. The first-order valence-electron chi connectivity index (χ1n) is 9.35. The minimum Gasteiger partial charge on any atom is -0.469 e. The zero-order valence-electron chi connectivity index (χ0n) is 15.5. The molecule has 0 N–H and O–H groups in total. The maximum absolute atomic E-state index is 13.2. The smallest absolute Gasteiger partial charge is 0.346 e. The number of hydrogen-bond acceptors (Lipinski definition) is 4. The standard InChI is InChI=1S/C24H19NO3/c1-25(17-10-6-3-7-11-17)22-19-12-13-20-18(14-15-27-20)23(19)28-24(26)21(22)16-8-4-2-5-9-16/h2-11,14-15H,12-13H2,1H3. The Morgan fingerprint density at radius 2 is 1.61 bits per heavy atom. The van der Waals surface area contributed by atoms with Crippen LogP contribution in [0.2, 0.25) is 0 Å². The van der Waals surface area contributed by atoms with Crippen LogP contribution in [0.25, 0.3) is 22.5 Å². The van der Waals surface area contributed by atoms with Gasteiger partial charge in [0.1, 0.15) is 11.5 Å². The molecule has 138 valence electrons. The van der Waals surface area contributed by atoms with E-state index in [1.165, 1.54) is 0 Å². The summed E-state index contributed by atoms with van der Waals surface area (Å²) in [6.07, 6.45) is 3.20. The fraction of sp³-hybridized carbons (Fsp3) is 0.125. The number of aryl methyl sites for hydroxylation is 1. The molecule has 0 bridgehead atoms. The Morgan fingerprint density at radius 3 is 2.36 bits per heavy atom. The largest absolute Gasteiger partial charge is 0.469 e. The van der Waals surface area contributed by atoms with Gasteiger partial charge in [-0.25, -0.2) is 4.79 Å². The van der Waals surface area contributed by atoms with Crippen LogP contribution < -0.4 is 10.5 Å². The van der Waals surface area contributed by atoms with Gasteiger partial charge in [-0.3, -0.25) is 0 Å². The van der Waals surface area contributed by atoms with E-state index >= 15 is 0 Å². The Balaban J connectivity index is 1.83. The Hall–Kier alpha value is -3.53. The highest BCUT2D eigenvalue weighted by atomic mass is 16.4. The first-order valence-corrected chi connectivity index (χ1v) is 9.35. The van der Waals surface area contributed by atoms with Gasteiger partial charge in [-0.2, -0.15) is 0 Å². The van der Waals surface area contributed by atoms with E-state index in [4.69, 9.17) is 8.83 Å². The van der Waals surface area contributed by atoms with Crippen molar-refractivity contribution in [1.29, 1.82) is 0 Å². The van der Waals surface area contributed by atoms with E-state index in [-0.39, 0.29) is 5.63 Å². The third-order valence-electron chi connectivity index (χ3n) is 5.33. The molecule has 1 aliphatic carbocycles. The molecule has 0 saturated heterocycles. The van der Waals surface area contributed by atoms with Crippen LogP contribution in [0.1, 0.15) is 11.3 Å². The lowest BCUT2D eigenvalue weighted by atomic mass is 9.91. The minimum atomic E-state index is -0.336. The molecular weight excluding hydrogens is 350 g/mol. The average molecular weight is 369 g/mol. The molecule has 0 unspecified atom stereocenters. The predicted molar refractivity (Wildman–Crippen MR) is 110 cm³/mol. The van der Waals surface area contributed by atoms with Crippen molar-refractivity contribution < 1.29 is 8.83 Å². The van der Waals surface area contributed by atoms with Crippen molar-refractivity contribution in [2.45, 2.75) is 12.8 Å². The van der Waals surface area contributed by atoms with E-state index in [9.17, 15) is 4.79 Å². The molecule has 5 rings (SSSR count). The first-order chi connectivity index (χ1) is 13.7. The van der Waals surface area contributed by atoms with Crippen LogP contribution in [0.5, 0.6) is 0 Å². The highest BCUT2D eigenvalue weighted by Gasteiger charge is 2.29. The van der Waals surface area contributed by atoms with Gasteiger partial charge in [0.15, 0.2) is 0 Å². The van der Waals surface area contributed by atoms with E-state index in [0.717, 1.165) is 46.7 Å². The van der Waals surface area contributed by atoms with Crippen molar-refractivity contribution >= 4 is 11.4 Å². The van der Waals surface area contributed by atoms with Crippen LogP contribution in [-0.2, 0) is 12.8 Å². The quantitative estimate of drug-likeness (QED) is 0.483. The minimum absolute atomic E-state index is 0.336. The van der Waals surface area contributed by atoms with Crippen molar-refractivity contribution in [2.75, 3.05) is 11.9 Å². The number of hydrogen-bond donors (Lipinski definition) is 0. The summed E-state index contributed by atoms with van der Waals surface area (Å²) in [5.74, 6) is 1.49. The third-order valence-corrected chi connectivity index (χ3v) is 5.33. The Morgan fingerprint density at radius 1 is 0.893 bits per heavy atom. The van der Waals surface area contributed by atoms with Gasteiger partial charge in [0.05, 0.1) is 23.1 Å². The molecule has 0 fully saturated rings. The van der Waals surface area contributed by atoms with Crippen molar-refractivity contribution in [3.63, 3.8) is 0 Å². The van der Waals surface area contributed by atoms with Crippen LogP contribution in [0.3, 0.4) is 0 Å². The highest BCUT2D eigenvalue weighted by Crippen LogP contribution is 2.43. The van der Waals surface area contributed by atoms with Gasteiger partial charge in [-0.1, -0.05) is 48.5 Å². The maximum Gasteiger partial charge on any atom is 0.346 e. The molecule has 1 aliphatic rings. The summed E-state index contributed by atoms with van der Waals surface area (Å²) in [4.78, 5) is 15.2. The predicted octanol–water partition coefficient (Wildman–Crippen LogP) is 5.43. The second-order valence-electron chi connectivity index (χ2n) is 6.94. The average Bonchev–Trinajstić information content (AvgIpc) is 3.23. The number of anilines is 2. The number of nitrogens with zero attached hydrogens (tertiary/aromatic N) is 1. The third kappa shape index (κ3) is 2.57. The molecule has 0 atom stereocenters. The molecule has 4 heteroatoms. The summed E-state index contributed by atoms with van der Waals surface area (Å²) < 4.78 is 11.4. The van der Waals surface area contributed by atoms with Gasteiger partial charge in [0, 0.05) is 24.7 Å². The summed E-state index contributed by atoms with van der Waals surface area (Å²) in [5.41, 5.74) is 4.95. The fourth-order valence-corrected chi connectivity index (χ4v) is 4.00. The number of rotatable bonds is 3. The topological polar surface area (TPSA) is 46.6 Å². The van der Waals surface area contributed by atoms with Crippen molar-refractivity contribution in [1.82, 2.24) is 0 Å². The van der Waals surface area contributed by atoms with Crippen molar-refractivity contribution in [3.05, 3.63) is 94.7 Å². The van der Waals surface area contributed by atoms with E-state index in [0.29, 0.717) is 11.3 Å². The number of furan rings is 1. The zero-order valence-corrected chi connectivity index (χ0v) is 15.5. The van der Waals surface area contributed by atoms with Gasteiger partial charge in [-0.15, -0.1) is 0 Å². The van der Waals surface area contributed by atoms with E-state index < -0.39 is 0 Å². The molecule has 0 spiro atoms. The van der Waals surface area contributed by atoms with E-state index in [1.54, 1.807) is 6.26 Å². The first kappa shape index (κ1) is 16.6. The van der Waals surface area contributed by atoms with Crippen LogP contribution in [-0.4, -0.2) is 7.05 Å². The summed E-state index contributed by atoms with van der Waals surface area (Å²) in [7, 11) is 2.00. The Bertz CT molecular complexity index is 1190. The number of fused-ring (bicyclic) bond motifs is 3. The lowest BCUT2D eigenvalue weighted by molar-refractivity contribution is 0.484. The van der Waals surface area contributed by atoms with Crippen LogP contribution in [0.4, 0.5) is 11.4 Å². The van der Waals surface area contributed by atoms with Crippen molar-refractivity contribution in [3.8, 4) is 22.5 Å². The summed E-state index contributed by atoms with van der Waals surface area (Å²) in [6.45, 7) is 0. The van der Waals surface area contributed by atoms with Crippen LogP contribution in [0, 0.1) is 0 Å². The number of benzene rings is 2. The van der Waals surface area contributed by atoms with Gasteiger partial charge in [-0.05, 0) is 30.2 Å².